The van der Waals surface area contributed by atoms with Gasteiger partial charge in [0.15, 0.2) is 0 Å². The number of benzene rings is 2. The topological polar surface area (TPSA) is 42.2 Å². The highest BCUT2D eigenvalue weighted by Crippen LogP contribution is 2.30. The van der Waals surface area contributed by atoms with Crippen molar-refractivity contribution in [1.29, 1.82) is 0 Å². The van der Waals surface area contributed by atoms with Gasteiger partial charge in [0.05, 0.1) is 6.04 Å². The standard InChI is InChI=1S/C22H21NO2/c24-22(23-20-13-10-16-6-4-5-9-19(16)20)15-12-18-11-14-21(25-18)17-7-2-1-3-8-17/h1-9,11,14,20H,10,12-13,15H2,(H,23,24). The van der Waals surface area contributed by atoms with Crippen LogP contribution in [0, 0.1) is 0 Å². The second-order valence-corrected chi connectivity index (χ2v) is 6.49. The molecule has 0 saturated heterocycles. The molecular formula is C22H21NO2. The van der Waals surface area contributed by atoms with E-state index < -0.39 is 0 Å². The predicted molar refractivity (Wildman–Crippen MR) is 98.1 cm³/mol. The Morgan fingerprint density at radius 1 is 1.00 bits per heavy atom. The summed E-state index contributed by atoms with van der Waals surface area (Å²) in [5.41, 5.74) is 3.67. The van der Waals surface area contributed by atoms with Gasteiger partial charge in [0, 0.05) is 18.4 Å². The van der Waals surface area contributed by atoms with Gasteiger partial charge in [-0.25, -0.2) is 0 Å². The summed E-state index contributed by atoms with van der Waals surface area (Å²) in [6, 6.07) is 22.5. The molecule has 1 aromatic heterocycles. The quantitative estimate of drug-likeness (QED) is 0.737. The van der Waals surface area contributed by atoms with Gasteiger partial charge < -0.3 is 9.73 Å². The molecule has 3 aromatic rings. The summed E-state index contributed by atoms with van der Waals surface area (Å²) < 4.78 is 5.87. The highest BCUT2D eigenvalue weighted by atomic mass is 16.3. The molecule has 0 spiro atoms. The smallest absolute Gasteiger partial charge is 0.220 e. The molecule has 4 rings (SSSR count). The van der Waals surface area contributed by atoms with Gasteiger partial charge in [-0.3, -0.25) is 4.79 Å². The van der Waals surface area contributed by atoms with E-state index in [0.717, 1.165) is 29.9 Å². The summed E-state index contributed by atoms with van der Waals surface area (Å²) in [6.45, 7) is 0. The van der Waals surface area contributed by atoms with Crippen LogP contribution in [0.2, 0.25) is 0 Å². The van der Waals surface area contributed by atoms with Crippen molar-refractivity contribution in [2.75, 3.05) is 0 Å². The van der Waals surface area contributed by atoms with Crippen molar-refractivity contribution in [2.24, 2.45) is 0 Å². The number of carbonyl (C=O) groups is 1. The fourth-order valence-corrected chi connectivity index (χ4v) is 3.48. The van der Waals surface area contributed by atoms with Crippen LogP contribution in [0.5, 0.6) is 0 Å². The van der Waals surface area contributed by atoms with Crippen LogP contribution in [-0.4, -0.2) is 5.91 Å². The maximum absolute atomic E-state index is 12.3. The largest absolute Gasteiger partial charge is 0.461 e. The van der Waals surface area contributed by atoms with E-state index in [4.69, 9.17) is 4.42 Å². The molecule has 0 aliphatic heterocycles. The lowest BCUT2D eigenvalue weighted by atomic mass is 10.1. The number of nitrogens with one attached hydrogen (secondary N) is 1. The van der Waals surface area contributed by atoms with Crippen molar-refractivity contribution in [3.63, 3.8) is 0 Å². The highest BCUT2D eigenvalue weighted by molar-refractivity contribution is 5.77. The van der Waals surface area contributed by atoms with Crippen molar-refractivity contribution < 1.29 is 9.21 Å². The molecule has 0 saturated carbocycles. The Balaban J connectivity index is 1.33. The zero-order valence-electron chi connectivity index (χ0n) is 14.1. The van der Waals surface area contributed by atoms with Crippen molar-refractivity contribution >= 4 is 5.91 Å². The number of carbonyl (C=O) groups excluding carboxylic acids is 1. The second kappa shape index (κ2) is 6.98. The molecule has 1 atom stereocenters. The van der Waals surface area contributed by atoms with Gasteiger partial charge in [-0.1, -0.05) is 54.6 Å². The lowest BCUT2D eigenvalue weighted by Crippen LogP contribution is -2.27. The van der Waals surface area contributed by atoms with Crippen LogP contribution in [0.1, 0.15) is 35.8 Å². The fraction of sp³-hybridized carbons (Fsp3) is 0.227. The Kier molecular flexibility index (Phi) is 4.38. The average Bonchev–Trinajstić information content (AvgIpc) is 3.28. The third-order valence-electron chi connectivity index (χ3n) is 4.79. The third-order valence-corrected chi connectivity index (χ3v) is 4.79. The first-order chi connectivity index (χ1) is 12.3. The number of hydrogen-bond acceptors (Lipinski definition) is 2. The summed E-state index contributed by atoms with van der Waals surface area (Å²) in [7, 11) is 0. The van der Waals surface area contributed by atoms with Crippen LogP contribution in [0.3, 0.4) is 0 Å². The fourth-order valence-electron chi connectivity index (χ4n) is 3.48. The van der Waals surface area contributed by atoms with E-state index in [-0.39, 0.29) is 11.9 Å². The zero-order chi connectivity index (χ0) is 17.1. The molecule has 3 heteroatoms. The van der Waals surface area contributed by atoms with Crippen LogP contribution in [0.25, 0.3) is 11.3 Å². The summed E-state index contributed by atoms with van der Waals surface area (Å²) in [4.78, 5) is 12.3. The molecular weight excluding hydrogens is 310 g/mol. The molecule has 126 valence electrons. The van der Waals surface area contributed by atoms with Crippen molar-refractivity contribution in [2.45, 2.75) is 31.7 Å². The lowest BCUT2D eigenvalue weighted by Gasteiger charge is -2.13. The molecule has 1 heterocycles. The third kappa shape index (κ3) is 3.50. The van der Waals surface area contributed by atoms with Gasteiger partial charge in [0.1, 0.15) is 11.5 Å². The van der Waals surface area contributed by atoms with E-state index in [0.29, 0.717) is 12.8 Å². The number of aryl methyl sites for hydroxylation is 2. The van der Waals surface area contributed by atoms with Gasteiger partial charge in [-0.15, -0.1) is 0 Å². The first kappa shape index (κ1) is 15.7. The molecule has 1 aliphatic carbocycles. The number of rotatable bonds is 5. The number of furan rings is 1. The van der Waals surface area contributed by atoms with Crippen molar-refractivity contribution in [3.8, 4) is 11.3 Å². The minimum absolute atomic E-state index is 0.0827. The van der Waals surface area contributed by atoms with E-state index in [1.807, 2.05) is 48.5 Å². The molecule has 2 aromatic carbocycles. The van der Waals surface area contributed by atoms with Crippen LogP contribution >= 0.6 is 0 Å². The highest BCUT2D eigenvalue weighted by Gasteiger charge is 2.23. The van der Waals surface area contributed by atoms with Crippen LogP contribution in [-0.2, 0) is 17.6 Å². The summed E-state index contributed by atoms with van der Waals surface area (Å²) in [5, 5.41) is 3.16. The Bertz CT molecular complexity index is 866. The van der Waals surface area contributed by atoms with Crippen LogP contribution in [0.4, 0.5) is 0 Å². The van der Waals surface area contributed by atoms with Gasteiger partial charge in [-0.2, -0.15) is 0 Å². The van der Waals surface area contributed by atoms with E-state index >= 15 is 0 Å². The van der Waals surface area contributed by atoms with Crippen LogP contribution < -0.4 is 5.32 Å². The maximum atomic E-state index is 12.3. The number of hydrogen-bond donors (Lipinski definition) is 1. The first-order valence-corrected chi connectivity index (χ1v) is 8.81. The minimum Gasteiger partial charge on any atom is -0.461 e. The summed E-state index contributed by atoms with van der Waals surface area (Å²) >= 11 is 0. The number of fused-ring (bicyclic) bond motifs is 1. The Labute approximate surface area is 147 Å². The Hall–Kier alpha value is -2.81. The zero-order valence-corrected chi connectivity index (χ0v) is 14.1. The Morgan fingerprint density at radius 3 is 2.68 bits per heavy atom. The van der Waals surface area contributed by atoms with Gasteiger partial charge in [0.2, 0.25) is 5.91 Å². The van der Waals surface area contributed by atoms with Gasteiger partial charge >= 0.3 is 0 Å². The molecule has 3 nitrogen and oxygen atoms in total. The molecule has 0 fully saturated rings. The molecule has 1 N–H and O–H groups in total. The lowest BCUT2D eigenvalue weighted by molar-refractivity contribution is -0.121. The molecule has 25 heavy (non-hydrogen) atoms. The normalized spacial score (nSPS) is 15.8. The second-order valence-electron chi connectivity index (χ2n) is 6.49. The van der Waals surface area contributed by atoms with E-state index in [1.165, 1.54) is 11.1 Å². The average molecular weight is 331 g/mol. The summed E-state index contributed by atoms with van der Waals surface area (Å²) in [5.74, 6) is 1.78. The van der Waals surface area contributed by atoms with Gasteiger partial charge in [-0.05, 0) is 36.1 Å². The van der Waals surface area contributed by atoms with E-state index in [2.05, 4.69) is 23.5 Å². The molecule has 1 aliphatic rings. The minimum atomic E-state index is 0.0827. The molecule has 1 unspecified atom stereocenters. The summed E-state index contributed by atoms with van der Waals surface area (Å²) in [6.07, 6.45) is 3.09. The molecule has 0 radical (unpaired) electrons. The predicted octanol–water partition coefficient (Wildman–Crippen LogP) is 4.68. The monoisotopic (exact) mass is 331 g/mol. The van der Waals surface area contributed by atoms with Gasteiger partial charge in [0.25, 0.3) is 0 Å². The Morgan fingerprint density at radius 2 is 1.80 bits per heavy atom. The van der Waals surface area contributed by atoms with Crippen molar-refractivity contribution in [3.05, 3.63) is 83.6 Å². The van der Waals surface area contributed by atoms with E-state index in [1.54, 1.807) is 0 Å². The number of amides is 1. The van der Waals surface area contributed by atoms with E-state index in [9.17, 15) is 4.79 Å². The first-order valence-electron chi connectivity index (χ1n) is 8.81. The molecule has 1 amide bonds. The van der Waals surface area contributed by atoms with Crippen LogP contribution in [0.15, 0.2) is 71.1 Å². The SMILES string of the molecule is O=C(CCc1ccc(-c2ccccc2)o1)NC1CCc2ccccc21. The maximum Gasteiger partial charge on any atom is 0.220 e. The molecule has 0 bridgehead atoms. The van der Waals surface area contributed by atoms with Crippen molar-refractivity contribution in [1.82, 2.24) is 5.32 Å².